The van der Waals surface area contributed by atoms with Crippen molar-refractivity contribution in [3.63, 3.8) is 0 Å². The lowest BCUT2D eigenvalue weighted by Gasteiger charge is -2.22. The molecule has 32 heavy (non-hydrogen) atoms. The van der Waals surface area contributed by atoms with Gasteiger partial charge in [0.25, 0.3) is 16.8 Å². The first kappa shape index (κ1) is 22.3. The van der Waals surface area contributed by atoms with E-state index in [2.05, 4.69) is 30.6 Å². The molecule has 2 aromatic carbocycles. The van der Waals surface area contributed by atoms with Crippen LogP contribution in [0.2, 0.25) is 0 Å². The van der Waals surface area contributed by atoms with E-state index in [9.17, 15) is 24.5 Å². The van der Waals surface area contributed by atoms with Gasteiger partial charge in [-0.05, 0) is 38.1 Å². The van der Waals surface area contributed by atoms with E-state index >= 15 is 0 Å². The number of nitro benzene ring substituents is 1. The highest BCUT2D eigenvalue weighted by Crippen LogP contribution is 2.35. The zero-order valence-corrected chi connectivity index (χ0v) is 17.6. The molecule has 3 rings (SSSR count). The number of nitro groups is 1. The zero-order chi connectivity index (χ0) is 23.4. The SMILES string of the molecule is CCN(CC)c1ccc(N=Nc2cc3c(=O)[nH][nH]c(=O)c3cc2[N+](=O)[O-])c(NC(C)=O)c1. The number of nitrogens with one attached hydrogen (secondary N) is 3. The van der Waals surface area contributed by atoms with Crippen molar-refractivity contribution in [1.82, 2.24) is 10.2 Å². The van der Waals surface area contributed by atoms with Gasteiger partial charge >= 0.3 is 0 Å². The van der Waals surface area contributed by atoms with Crippen molar-refractivity contribution in [2.45, 2.75) is 20.8 Å². The van der Waals surface area contributed by atoms with E-state index in [1.54, 1.807) is 18.2 Å². The number of hydrogen-bond acceptors (Lipinski definition) is 8. The van der Waals surface area contributed by atoms with Gasteiger partial charge in [0.05, 0.1) is 21.4 Å². The number of nitrogens with zero attached hydrogens (tertiary/aromatic N) is 4. The summed E-state index contributed by atoms with van der Waals surface area (Å²) in [6, 6.07) is 7.28. The second-order valence-corrected chi connectivity index (χ2v) is 6.81. The molecule has 166 valence electrons. The fourth-order valence-electron chi connectivity index (χ4n) is 3.22. The van der Waals surface area contributed by atoms with Gasteiger partial charge < -0.3 is 10.2 Å². The van der Waals surface area contributed by atoms with Crippen molar-refractivity contribution in [1.29, 1.82) is 0 Å². The van der Waals surface area contributed by atoms with E-state index in [0.717, 1.165) is 30.9 Å². The molecule has 0 aliphatic heterocycles. The predicted molar refractivity (Wildman–Crippen MR) is 120 cm³/mol. The molecular formula is C20H21N7O5. The highest BCUT2D eigenvalue weighted by atomic mass is 16.6. The Labute approximate surface area is 181 Å². The van der Waals surface area contributed by atoms with Crippen molar-refractivity contribution in [2.24, 2.45) is 10.2 Å². The van der Waals surface area contributed by atoms with Crippen LogP contribution in [0.15, 0.2) is 50.1 Å². The summed E-state index contributed by atoms with van der Waals surface area (Å²) in [6.07, 6.45) is 0. The largest absolute Gasteiger partial charge is 0.372 e. The first-order valence-electron chi connectivity index (χ1n) is 9.76. The lowest BCUT2D eigenvalue weighted by molar-refractivity contribution is -0.384. The number of hydrogen-bond donors (Lipinski definition) is 3. The Hall–Kier alpha value is -4.35. The minimum Gasteiger partial charge on any atom is -0.372 e. The standard InChI is InChI=1S/C20H21N7O5/c1-4-26(5-2)12-6-7-15(16(8-12)21-11(3)28)22-23-17-9-13-14(10-18(17)27(31)32)20(30)25-24-19(13)29/h6-10H,4-5H2,1-3H3,(H,21,28)(H,24,29)(H,25,30). The van der Waals surface area contributed by atoms with E-state index in [-0.39, 0.29) is 28.1 Å². The fraction of sp³-hybridized carbons (Fsp3) is 0.250. The van der Waals surface area contributed by atoms with E-state index in [1.165, 1.54) is 6.92 Å². The van der Waals surface area contributed by atoms with Gasteiger partial charge in [-0.3, -0.25) is 34.7 Å². The molecule has 0 saturated carbocycles. The molecule has 12 nitrogen and oxygen atoms in total. The average molecular weight is 439 g/mol. The number of benzene rings is 2. The van der Waals surface area contributed by atoms with E-state index in [4.69, 9.17) is 0 Å². The molecule has 1 amide bonds. The summed E-state index contributed by atoms with van der Waals surface area (Å²) in [6.45, 7) is 6.87. The van der Waals surface area contributed by atoms with Gasteiger partial charge in [0.15, 0.2) is 5.69 Å². The van der Waals surface area contributed by atoms with Crippen LogP contribution in [0.5, 0.6) is 0 Å². The van der Waals surface area contributed by atoms with Gasteiger partial charge in [-0.25, -0.2) is 0 Å². The minimum atomic E-state index is -0.716. The van der Waals surface area contributed by atoms with Crippen LogP contribution in [0.1, 0.15) is 20.8 Å². The van der Waals surface area contributed by atoms with Crippen LogP contribution in [0, 0.1) is 10.1 Å². The number of amides is 1. The first-order valence-corrected chi connectivity index (χ1v) is 9.76. The fourth-order valence-corrected chi connectivity index (χ4v) is 3.22. The predicted octanol–water partition coefficient (Wildman–Crippen LogP) is 3.34. The number of fused-ring (bicyclic) bond motifs is 1. The summed E-state index contributed by atoms with van der Waals surface area (Å²) in [4.78, 5) is 48.5. The Bertz CT molecular complexity index is 1340. The first-order chi connectivity index (χ1) is 15.2. The van der Waals surface area contributed by atoms with Crippen LogP contribution in [-0.4, -0.2) is 34.1 Å². The molecule has 0 bridgehead atoms. The number of carbonyl (C=O) groups excluding carboxylic acids is 1. The van der Waals surface area contributed by atoms with Crippen LogP contribution >= 0.6 is 0 Å². The lowest BCUT2D eigenvalue weighted by atomic mass is 10.1. The van der Waals surface area contributed by atoms with Gasteiger partial charge in [-0.1, -0.05) is 0 Å². The van der Waals surface area contributed by atoms with Gasteiger partial charge in [-0.2, -0.15) is 0 Å². The van der Waals surface area contributed by atoms with Crippen LogP contribution < -0.4 is 21.3 Å². The average Bonchev–Trinajstić information content (AvgIpc) is 2.75. The summed E-state index contributed by atoms with van der Waals surface area (Å²) in [5.74, 6) is -0.319. The number of H-pyrrole nitrogens is 2. The maximum Gasteiger partial charge on any atom is 0.297 e. The summed E-state index contributed by atoms with van der Waals surface area (Å²) < 4.78 is 0. The quantitative estimate of drug-likeness (QED) is 0.290. The van der Waals surface area contributed by atoms with Crippen LogP contribution in [0.3, 0.4) is 0 Å². The Morgan fingerprint density at radius 1 is 1.03 bits per heavy atom. The number of carbonyl (C=O) groups is 1. The van der Waals surface area contributed by atoms with Crippen molar-refractivity contribution in [2.75, 3.05) is 23.3 Å². The maximum atomic E-state index is 12.1. The van der Waals surface area contributed by atoms with E-state index < -0.39 is 21.7 Å². The van der Waals surface area contributed by atoms with Gasteiger partial charge in [0.2, 0.25) is 5.91 Å². The second kappa shape index (κ2) is 9.20. The molecule has 0 spiro atoms. The molecule has 1 heterocycles. The van der Waals surface area contributed by atoms with Crippen molar-refractivity contribution >= 4 is 45.1 Å². The molecule has 3 aromatic rings. The summed E-state index contributed by atoms with van der Waals surface area (Å²) in [7, 11) is 0. The maximum absolute atomic E-state index is 12.1. The molecule has 12 heteroatoms. The van der Waals surface area contributed by atoms with E-state index in [1.807, 2.05) is 13.8 Å². The van der Waals surface area contributed by atoms with Crippen LogP contribution in [0.4, 0.5) is 28.4 Å². The third kappa shape index (κ3) is 4.53. The highest BCUT2D eigenvalue weighted by Gasteiger charge is 2.18. The Morgan fingerprint density at radius 3 is 2.19 bits per heavy atom. The van der Waals surface area contributed by atoms with Gasteiger partial charge in [0.1, 0.15) is 5.69 Å². The van der Waals surface area contributed by atoms with Crippen LogP contribution in [-0.2, 0) is 4.79 Å². The zero-order valence-electron chi connectivity index (χ0n) is 17.6. The van der Waals surface area contributed by atoms with Crippen LogP contribution in [0.25, 0.3) is 10.8 Å². The summed E-state index contributed by atoms with van der Waals surface area (Å²) in [5, 5.41) is 26.3. The Balaban J connectivity index is 2.13. The molecule has 0 fully saturated rings. The molecule has 0 aliphatic carbocycles. The monoisotopic (exact) mass is 439 g/mol. The topological polar surface area (TPSA) is 166 Å². The molecule has 0 atom stereocenters. The molecule has 0 radical (unpaired) electrons. The highest BCUT2D eigenvalue weighted by molar-refractivity contribution is 5.93. The minimum absolute atomic E-state index is 0.0627. The third-order valence-corrected chi connectivity index (χ3v) is 4.78. The summed E-state index contributed by atoms with van der Waals surface area (Å²) in [5.41, 5.74) is -0.494. The number of anilines is 2. The molecule has 3 N–H and O–H groups in total. The van der Waals surface area contributed by atoms with Crippen molar-refractivity contribution in [3.8, 4) is 0 Å². The molecule has 0 saturated heterocycles. The molecule has 0 unspecified atom stereocenters. The van der Waals surface area contributed by atoms with Gasteiger partial charge in [0, 0.05) is 31.8 Å². The second-order valence-electron chi connectivity index (χ2n) is 6.81. The number of rotatable bonds is 7. The third-order valence-electron chi connectivity index (χ3n) is 4.78. The Kier molecular flexibility index (Phi) is 6.42. The number of azo groups is 1. The summed E-state index contributed by atoms with van der Waals surface area (Å²) >= 11 is 0. The van der Waals surface area contributed by atoms with E-state index in [0.29, 0.717) is 5.69 Å². The molecule has 1 aromatic heterocycles. The normalized spacial score (nSPS) is 11.1. The Morgan fingerprint density at radius 2 is 1.62 bits per heavy atom. The lowest BCUT2D eigenvalue weighted by Crippen LogP contribution is -2.21. The van der Waals surface area contributed by atoms with Crippen molar-refractivity contribution < 1.29 is 9.72 Å². The number of aromatic nitrogens is 2. The van der Waals surface area contributed by atoms with Crippen molar-refractivity contribution in [3.05, 3.63) is 61.2 Å². The molecular weight excluding hydrogens is 418 g/mol. The smallest absolute Gasteiger partial charge is 0.297 e. The van der Waals surface area contributed by atoms with Gasteiger partial charge in [-0.15, -0.1) is 10.2 Å². The number of aromatic amines is 2. The molecule has 0 aliphatic rings.